The van der Waals surface area contributed by atoms with E-state index in [-0.39, 0.29) is 24.2 Å². The van der Waals surface area contributed by atoms with Gasteiger partial charge in [0.2, 0.25) is 5.91 Å². The summed E-state index contributed by atoms with van der Waals surface area (Å²) >= 11 is 0. The lowest BCUT2D eigenvalue weighted by Gasteiger charge is -2.52. The van der Waals surface area contributed by atoms with E-state index < -0.39 is 64.4 Å². The van der Waals surface area contributed by atoms with Gasteiger partial charge in [-0.3, -0.25) is 28.9 Å². The van der Waals surface area contributed by atoms with Crippen LogP contribution in [0.3, 0.4) is 0 Å². The van der Waals surface area contributed by atoms with Crippen molar-refractivity contribution in [2.45, 2.75) is 44.5 Å². The number of carbonyl (C=O) groups excluding carboxylic acids is 5. The highest BCUT2D eigenvalue weighted by molar-refractivity contribution is 6.32. The van der Waals surface area contributed by atoms with Gasteiger partial charge in [0.15, 0.2) is 34.7 Å². The first kappa shape index (κ1) is 27.8. The van der Waals surface area contributed by atoms with Crippen LogP contribution in [0, 0.1) is 30.6 Å². The quantitative estimate of drug-likeness (QED) is 0.376. The minimum absolute atomic E-state index is 0.00114. The minimum Gasteiger partial charge on any atom is -0.507 e. The predicted molar refractivity (Wildman–Crippen MR) is 143 cm³/mol. The highest BCUT2D eigenvalue weighted by Gasteiger charge is 2.69. The summed E-state index contributed by atoms with van der Waals surface area (Å²) < 4.78 is 0. The van der Waals surface area contributed by atoms with Crippen LogP contribution in [0.15, 0.2) is 36.4 Å². The maximum atomic E-state index is 13.9. The SMILES string of the molecule is Cc1ccc(CNCc2ccc(O)c3c2C[C@@H]2C[C@@H]4C(N(C)C)C(=O)C(C(N)=O)C(=O)[C@]4(O)C(=O)C2C3=O)cc1. The second-order valence-corrected chi connectivity index (χ2v) is 11.5. The van der Waals surface area contributed by atoms with Gasteiger partial charge >= 0.3 is 0 Å². The minimum atomic E-state index is -2.72. The number of Topliss-reactive ketones (excluding diaryl/α,β-unsaturated/α-hetero) is 4. The van der Waals surface area contributed by atoms with Gasteiger partial charge in [-0.15, -0.1) is 0 Å². The van der Waals surface area contributed by atoms with Crippen molar-refractivity contribution in [3.63, 3.8) is 0 Å². The van der Waals surface area contributed by atoms with Crippen molar-refractivity contribution < 1.29 is 34.2 Å². The Hall–Kier alpha value is -3.73. The fourth-order valence-corrected chi connectivity index (χ4v) is 6.88. The number of rotatable bonds is 6. The van der Waals surface area contributed by atoms with Gasteiger partial charge in [0.05, 0.1) is 17.5 Å². The molecule has 2 fully saturated rings. The molecule has 2 saturated carbocycles. The molecule has 10 nitrogen and oxygen atoms in total. The van der Waals surface area contributed by atoms with Gasteiger partial charge in [0, 0.05) is 19.0 Å². The second-order valence-electron chi connectivity index (χ2n) is 11.5. The van der Waals surface area contributed by atoms with Crippen molar-refractivity contribution in [2.75, 3.05) is 14.1 Å². The molecule has 6 atom stereocenters. The Morgan fingerprint density at radius 1 is 1.05 bits per heavy atom. The second kappa shape index (κ2) is 10.0. The van der Waals surface area contributed by atoms with E-state index in [4.69, 9.17) is 5.73 Å². The number of ketones is 4. The van der Waals surface area contributed by atoms with E-state index in [1.165, 1.54) is 11.0 Å². The van der Waals surface area contributed by atoms with E-state index in [1.54, 1.807) is 20.2 Å². The smallest absolute Gasteiger partial charge is 0.235 e. The zero-order valence-corrected chi connectivity index (χ0v) is 22.6. The van der Waals surface area contributed by atoms with Crippen molar-refractivity contribution >= 4 is 29.0 Å². The van der Waals surface area contributed by atoms with Gasteiger partial charge in [-0.05, 0) is 62.5 Å². The molecule has 0 saturated heterocycles. The number of phenolic OH excluding ortho intramolecular Hbond substituents is 1. The van der Waals surface area contributed by atoms with Crippen molar-refractivity contribution in [1.29, 1.82) is 0 Å². The molecule has 5 N–H and O–H groups in total. The highest BCUT2D eigenvalue weighted by atomic mass is 16.3. The van der Waals surface area contributed by atoms with Crippen LogP contribution in [0.1, 0.15) is 39.0 Å². The molecule has 2 aromatic rings. The summed E-state index contributed by atoms with van der Waals surface area (Å²) in [6, 6.07) is 10.1. The molecular weight excluding hydrogens is 514 g/mol. The number of fused-ring (bicyclic) bond motifs is 3. The molecule has 2 aromatic carbocycles. The number of nitrogens with two attached hydrogens (primary N) is 1. The molecule has 0 heterocycles. The number of carbonyl (C=O) groups is 5. The third-order valence-electron chi connectivity index (χ3n) is 8.81. The lowest BCUT2D eigenvalue weighted by molar-refractivity contribution is -0.181. The van der Waals surface area contributed by atoms with Crippen LogP contribution in [0.25, 0.3) is 0 Å². The third kappa shape index (κ3) is 4.18. The lowest BCUT2D eigenvalue weighted by atomic mass is 9.52. The Morgan fingerprint density at radius 3 is 2.35 bits per heavy atom. The first-order valence-corrected chi connectivity index (χ1v) is 13.3. The van der Waals surface area contributed by atoms with Gasteiger partial charge < -0.3 is 21.3 Å². The van der Waals surface area contributed by atoms with E-state index in [9.17, 15) is 34.2 Å². The summed E-state index contributed by atoms with van der Waals surface area (Å²) in [7, 11) is 3.12. The summed E-state index contributed by atoms with van der Waals surface area (Å²) in [6.07, 6.45) is 0.261. The Labute approximate surface area is 231 Å². The molecule has 1 amide bonds. The number of primary amides is 1. The summed E-state index contributed by atoms with van der Waals surface area (Å²) in [6.45, 7) is 3.00. The number of phenols is 1. The van der Waals surface area contributed by atoms with Crippen LogP contribution < -0.4 is 11.1 Å². The number of nitrogens with zero attached hydrogens (tertiary/aromatic N) is 1. The molecule has 0 radical (unpaired) electrons. The van der Waals surface area contributed by atoms with Gasteiger partial charge in [-0.2, -0.15) is 0 Å². The number of likely N-dealkylation sites (N-methyl/N-ethyl adjacent to an activating group) is 1. The van der Waals surface area contributed by atoms with Crippen LogP contribution in [0.5, 0.6) is 5.75 Å². The Morgan fingerprint density at radius 2 is 1.73 bits per heavy atom. The first-order chi connectivity index (χ1) is 18.9. The van der Waals surface area contributed by atoms with E-state index >= 15 is 0 Å². The predicted octanol–water partition coefficient (Wildman–Crippen LogP) is 0.465. The number of nitrogens with one attached hydrogen (secondary N) is 1. The van der Waals surface area contributed by atoms with Crippen LogP contribution >= 0.6 is 0 Å². The molecular formula is C30H33N3O7. The molecule has 40 heavy (non-hydrogen) atoms. The molecule has 0 bridgehead atoms. The fourth-order valence-electron chi connectivity index (χ4n) is 6.88. The fraction of sp³-hybridized carbons (Fsp3) is 0.433. The monoisotopic (exact) mass is 547 g/mol. The molecule has 0 aliphatic heterocycles. The molecule has 5 rings (SSSR count). The van der Waals surface area contributed by atoms with Gasteiger partial charge in [0.25, 0.3) is 0 Å². The van der Waals surface area contributed by atoms with E-state index in [0.717, 1.165) is 16.7 Å². The van der Waals surface area contributed by atoms with Crippen molar-refractivity contribution in [3.8, 4) is 5.75 Å². The zero-order chi connectivity index (χ0) is 29.1. The van der Waals surface area contributed by atoms with Gasteiger partial charge in [-0.25, -0.2) is 0 Å². The van der Waals surface area contributed by atoms with Crippen LogP contribution in [-0.4, -0.2) is 69.9 Å². The zero-order valence-electron chi connectivity index (χ0n) is 22.6. The normalized spacial score (nSPS) is 29.7. The average Bonchev–Trinajstić information content (AvgIpc) is 2.88. The summed E-state index contributed by atoms with van der Waals surface area (Å²) in [5.74, 6) is -10.4. The van der Waals surface area contributed by atoms with Gasteiger partial charge in [0.1, 0.15) is 5.75 Å². The molecule has 3 aliphatic rings. The number of aliphatic hydroxyl groups is 1. The molecule has 3 unspecified atom stereocenters. The molecule has 10 heteroatoms. The Kier molecular flexibility index (Phi) is 6.98. The molecule has 0 aromatic heterocycles. The number of benzene rings is 2. The summed E-state index contributed by atoms with van der Waals surface area (Å²) in [5.41, 5.74) is 6.26. The maximum absolute atomic E-state index is 13.9. The number of amides is 1. The standard InChI is InChI=1S/C30H33N3O7/c1-14-4-6-15(7-5-14)12-32-13-16-8-9-20(34)22-18(16)10-17-11-19-24(33(2)3)26(36)23(29(31)39)28(38)30(19,40)27(37)21(17)25(22)35/h4-9,17,19,21,23-24,32,34,40H,10-13H2,1-3H3,(H2,31,39)/t17-,19-,21?,23?,24?,30-/m1/s1. The average molecular weight is 548 g/mol. The van der Waals surface area contributed by atoms with Gasteiger partial charge in [-0.1, -0.05) is 35.9 Å². The summed E-state index contributed by atoms with van der Waals surface area (Å²) in [5, 5.41) is 25.7. The van der Waals surface area contributed by atoms with Crippen molar-refractivity contribution in [2.24, 2.45) is 29.4 Å². The summed E-state index contributed by atoms with van der Waals surface area (Å²) in [4.78, 5) is 67.8. The van der Waals surface area contributed by atoms with Crippen LogP contribution in [0.4, 0.5) is 0 Å². The topological polar surface area (TPSA) is 167 Å². The number of hydrogen-bond acceptors (Lipinski definition) is 9. The third-order valence-corrected chi connectivity index (χ3v) is 8.81. The number of hydrogen-bond donors (Lipinski definition) is 4. The van der Waals surface area contributed by atoms with E-state index in [1.807, 2.05) is 31.2 Å². The number of aromatic hydroxyl groups is 1. The Balaban J connectivity index is 1.50. The van der Waals surface area contributed by atoms with Crippen LogP contribution in [0.2, 0.25) is 0 Å². The lowest BCUT2D eigenvalue weighted by Crippen LogP contribution is -2.74. The highest BCUT2D eigenvalue weighted by Crippen LogP contribution is 2.51. The van der Waals surface area contributed by atoms with Crippen molar-refractivity contribution in [1.82, 2.24) is 10.2 Å². The Bertz CT molecular complexity index is 1430. The number of aryl methyl sites for hydroxylation is 1. The molecule has 0 spiro atoms. The van der Waals surface area contributed by atoms with Crippen LogP contribution in [-0.2, 0) is 38.7 Å². The largest absolute Gasteiger partial charge is 0.507 e. The first-order valence-electron chi connectivity index (χ1n) is 13.3. The molecule has 3 aliphatic carbocycles. The molecule has 210 valence electrons. The van der Waals surface area contributed by atoms with Crippen molar-refractivity contribution in [3.05, 3.63) is 64.2 Å². The van der Waals surface area contributed by atoms with E-state index in [0.29, 0.717) is 18.7 Å². The maximum Gasteiger partial charge on any atom is 0.235 e. The van der Waals surface area contributed by atoms with E-state index in [2.05, 4.69) is 5.32 Å².